The van der Waals surface area contributed by atoms with E-state index in [9.17, 15) is 14.9 Å². The number of likely N-dealkylation sites (tertiary alicyclic amines) is 1. The molecular formula is C18H28N4O2. The summed E-state index contributed by atoms with van der Waals surface area (Å²) in [6, 6.07) is 2.25. The predicted octanol–water partition coefficient (Wildman–Crippen LogP) is 1.03. The minimum Gasteiger partial charge on any atom is -0.356 e. The molecule has 1 heterocycles. The predicted molar refractivity (Wildman–Crippen MR) is 89.8 cm³/mol. The summed E-state index contributed by atoms with van der Waals surface area (Å²) in [5.74, 6) is 0.979. The van der Waals surface area contributed by atoms with Crippen LogP contribution in [-0.2, 0) is 9.59 Å². The van der Waals surface area contributed by atoms with Gasteiger partial charge in [-0.05, 0) is 63.8 Å². The summed E-state index contributed by atoms with van der Waals surface area (Å²) in [6.07, 6.45) is 6.32. The van der Waals surface area contributed by atoms with Crippen LogP contribution >= 0.6 is 0 Å². The summed E-state index contributed by atoms with van der Waals surface area (Å²) >= 11 is 0. The molecule has 2 atom stereocenters. The third-order valence-corrected chi connectivity index (χ3v) is 5.53. The number of piperidine rings is 1. The van der Waals surface area contributed by atoms with Crippen molar-refractivity contribution < 1.29 is 9.59 Å². The van der Waals surface area contributed by atoms with Crippen molar-refractivity contribution in [1.82, 2.24) is 15.5 Å². The summed E-state index contributed by atoms with van der Waals surface area (Å²) in [5, 5.41) is 15.3. The van der Waals surface area contributed by atoms with Crippen molar-refractivity contribution in [3.8, 4) is 6.07 Å². The average Bonchev–Trinajstić information content (AvgIpc) is 3.45. The van der Waals surface area contributed by atoms with E-state index in [0.717, 1.165) is 38.8 Å². The third kappa shape index (κ3) is 4.47. The molecule has 3 fully saturated rings. The zero-order chi connectivity index (χ0) is 17.2. The van der Waals surface area contributed by atoms with Gasteiger partial charge in [0.1, 0.15) is 5.54 Å². The second-order valence-electron chi connectivity index (χ2n) is 7.90. The van der Waals surface area contributed by atoms with E-state index >= 15 is 0 Å². The topological polar surface area (TPSA) is 85.2 Å². The van der Waals surface area contributed by atoms with E-state index in [1.54, 1.807) is 0 Å². The molecule has 1 saturated heterocycles. The number of nitriles is 1. The molecule has 0 unspecified atom stereocenters. The van der Waals surface area contributed by atoms with Gasteiger partial charge in [0, 0.05) is 13.1 Å². The Morgan fingerprint density at radius 3 is 2.62 bits per heavy atom. The van der Waals surface area contributed by atoms with Gasteiger partial charge in [-0.25, -0.2) is 0 Å². The van der Waals surface area contributed by atoms with E-state index < -0.39 is 5.54 Å². The quantitative estimate of drug-likeness (QED) is 0.729. The number of rotatable bonds is 7. The standard InChI is InChI=1S/C18H28N4O2/c1-18(12-19,15-6-7-15)21-16(23)11-22-8-2-3-14(10-22)17(24)20-9-13-4-5-13/h13-15H,2-11H2,1H3,(H,20,24)(H,21,23)/t14-,18+/m0/s1. The number of carbonyl (C=O) groups is 2. The van der Waals surface area contributed by atoms with Crippen molar-refractivity contribution in [3.63, 3.8) is 0 Å². The first-order valence-corrected chi connectivity index (χ1v) is 9.22. The number of hydrogen-bond donors (Lipinski definition) is 2. The van der Waals surface area contributed by atoms with Gasteiger partial charge in [0.05, 0.1) is 18.5 Å². The summed E-state index contributed by atoms with van der Waals surface area (Å²) < 4.78 is 0. The normalized spacial score (nSPS) is 26.9. The molecule has 2 amide bonds. The van der Waals surface area contributed by atoms with Crippen molar-refractivity contribution in [1.29, 1.82) is 5.26 Å². The number of nitrogens with zero attached hydrogens (tertiary/aromatic N) is 2. The molecule has 3 rings (SSSR count). The lowest BCUT2D eigenvalue weighted by Gasteiger charge is -2.32. The summed E-state index contributed by atoms with van der Waals surface area (Å²) in [6.45, 7) is 4.37. The first-order valence-electron chi connectivity index (χ1n) is 9.22. The van der Waals surface area contributed by atoms with Gasteiger partial charge in [0.2, 0.25) is 11.8 Å². The SMILES string of the molecule is C[C@](C#N)(NC(=O)CN1CCC[C@H](C(=O)NCC2CC2)C1)C1CC1. The fraction of sp³-hybridized carbons (Fsp3) is 0.833. The average molecular weight is 332 g/mol. The number of carbonyl (C=O) groups excluding carboxylic acids is 2. The van der Waals surface area contributed by atoms with Crippen molar-refractivity contribution in [3.05, 3.63) is 0 Å². The molecular weight excluding hydrogens is 304 g/mol. The molecule has 2 aliphatic carbocycles. The van der Waals surface area contributed by atoms with Gasteiger partial charge in [-0.15, -0.1) is 0 Å². The van der Waals surface area contributed by atoms with Crippen LogP contribution in [0.4, 0.5) is 0 Å². The Hall–Kier alpha value is -1.61. The lowest BCUT2D eigenvalue weighted by molar-refractivity contribution is -0.129. The maximum absolute atomic E-state index is 12.3. The fourth-order valence-electron chi connectivity index (χ4n) is 3.54. The Bertz CT molecular complexity index is 536. The van der Waals surface area contributed by atoms with Gasteiger partial charge in [0.25, 0.3) is 0 Å². The van der Waals surface area contributed by atoms with E-state index in [1.165, 1.54) is 12.8 Å². The number of amides is 2. The van der Waals surface area contributed by atoms with Gasteiger partial charge in [-0.1, -0.05) is 0 Å². The minimum atomic E-state index is -0.742. The van der Waals surface area contributed by atoms with Crippen LogP contribution in [0.3, 0.4) is 0 Å². The summed E-state index contributed by atoms with van der Waals surface area (Å²) in [4.78, 5) is 26.6. The molecule has 24 heavy (non-hydrogen) atoms. The van der Waals surface area contributed by atoms with Crippen LogP contribution in [-0.4, -0.2) is 48.4 Å². The Kier molecular flexibility index (Phi) is 5.09. The van der Waals surface area contributed by atoms with Crippen molar-refractivity contribution in [2.75, 3.05) is 26.2 Å². The number of hydrogen-bond acceptors (Lipinski definition) is 4. The Labute approximate surface area is 144 Å². The van der Waals surface area contributed by atoms with Gasteiger partial charge >= 0.3 is 0 Å². The van der Waals surface area contributed by atoms with Gasteiger partial charge in [-0.3, -0.25) is 14.5 Å². The fourth-order valence-corrected chi connectivity index (χ4v) is 3.54. The highest BCUT2D eigenvalue weighted by Crippen LogP contribution is 2.39. The molecule has 3 aliphatic rings. The molecule has 2 N–H and O–H groups in total. The maximum Gasteiger partial charge on any atom is 0.235 e. The second kappa shape index (κ2) is 7.10. The molecule has 0 aromatic carbocycles. The zero-order valence-corrected chi connectivity index (χ0v) is 14.5. The van der Waals surface area contributed by atoms with E-state index in [4.69, 9.17) is 0 Å². The number of nitrogens with one attached hydrogen (secondary N) is 2. The van der Waals surface area contributed by atoms with E-state index in [2.05, 4.69) is 16.7 Å². The van der Waals surface area contributed by atoms with Crippen LogP contribution in [0.25, 0.3) is 0 Å². The molecule has 132 valence electrons. The molecule has 0 radical (unpaired) electrons. The zero-order valence-electron chi connectivity index (χ0n) is 14.5. The Morgan fingerprint density at radius 1 is 1.25 bits per heavy atom. The van der Waals surface area contributed by atoms with E-state index in [-0.39, 0.29) is 30.2 Å². The molecule has 1 aliphatic heterocycles. The first kappa shape index (κ1) is 17.2. The van der Waals surface area contributed by atoms with Gasteiger partial charge < -0.3 is 10.6 Å². The Balaban J connectivity index is 1.44. The van der Waals surface area contributed by atoms with Crippen molar-refractivity contribution in [2.45, 2.75) is 51.0 Å². The molecule has 0 spiro atoms. The summed E-state index contributed by atoms with van der Waals surface area (Å²) in [7, 11) is 0. The van der Waals surface area contributed by atoms with Crippen LogP contribution in [0.1, 0.15) is 45.4 Å². The lowest BCUT2D eigenvalue weighted by Crippen LogP contribution is -2.52. The summed E-state index contributed by atoms with van der Waals surface area (Å²) in [5.41, 5.74) is -0.742. The van der Waals surface area contributed by atoms with Crippen LogP contribution in [0.2, 0.25) is 0 Å². The molecule has 0 aromatic rings. The van der Waals surface area contributed by atoms with Crippen molar-refractivity contribution >= 4 is 11.8 Å². The van der Waals surface area contributed by atoms with Crippen LogP contribution in [0.15, 0.2) is 0 Å². The molecule has 6 heteroatoms. The molecule has 2 saturated carbocycles. The highest BCUT2D eigenvalue weighted by Gasteiger charge is 2.43. The van der Waals surface area contributed by atoms with E-state index in [1.807, 2.05) is 11.8 Å². The second-order valence-corrected chi connectivity index (χ2v) is 7.90. The van der Waals surface area contributed by atoms with Crippen LogP contribution < -0.4 is 10.6 Å². The van der Waals surface area contributed by atoms with Crippen molar-refractivity contribution in [2.24, 2.45) is 17.8 Å². The van der Waals surface area contributed by atoms with Crippen LogP contribution in [0.5, 0.6) is 0 Å². The highest BCUT2D eigenvalue weighted by atomic mass is 16.2. The van der Waals surface area contributed by atoms with Crippen LogP contribution in [0, 0.1) is 29.1 Å². The van der Waals surface area contributed by atoms with Gasteiger partial charge in [-0.2, -0.15) is 5.26 Å². The molecule has 6 nitrogen and oxygen atoms in total. The Morgan fingerprint density at radius 2 is 2.00 bits per heavy atom. The van der Waals surface area contributed by atoms with Gasteiger partial charge in [0.15, 0.2) is 0 Å². The lowest BCUT2D eigenvalue weighted by atomic mass is 9.96. The minimum absolute atomic E-state index is 0.0175. The first-order chi connectivity index (χ1) is 11.5. The molecule has 0 bridgehead atoms. The van der Waals surface area contributed by atoms with E-state index in [0.29, 0.717) is 12.5 Å². The largest absolute Gasteiger partial charge is 0.356 e. The molecule has 0 aromatic heterocycles. The smallest absolute Gasteiger partial charge is 0.235 e. The third-order valence-electron chi connectivity index (χ3n) is 5.53. The monoisotopic (exact) mass is 332 g/mol. The highest BCUT2D eigenvalue weighted by molar-refractivity contribution is 5.80. The maximum atomic E-state index is 12.3.